The van der Waals surface area contributed by atoms with Crippen LogP contribution in [0.3, 0.4) is 0 Å². The molecule has 0 radical (unpaired) electrons. The molecule has 0 aromatic heterocycles. The third-order valence-corrected chi connectivity index (χ3v) is 4.99. The first-order chi connectivity index (χ1) is 12.7. The van der Waals surface area contributed by atoms with Crippen LogP contribution in [0.15, 0.2) is 17.1 Å². The van der Waals surface area contributed by atoms with Crippen molar-refractivity contribution in [1.82, 2.24) is 10.2 Å². The summed E-state index contributed by atoms with van der Waals surface area (Å²) < 4.78 is 5.02. The van der Waals surface area contributed by atoms with E-state index in [4.69, 9.17) is 4.74 Å². The van der Waals surface area contributed by atoms with Crippen LogP contribution >= 0.6 is 0 Å². The van der Waals surface area contributed by atoms with Crippen molar-refractivity contribution in [2.45, 2.75) is 61.8 Å². The first kappa shape index (κ1) is 26.1. The first-order valence-electron chi connectivity index (χ1n) is 10.0. The number of amidine groups is 1. The van der Waals surface area contributed by atoms with Crippen LogP contribution in [0, 0.1) is 16.7 Å². The lowest BCUT2D eigenvalue weighted by atomic mass is 9.68. The molecule has 0 fully saturated rings. The van der Waals surface area contributed by atoms with Crippen molar-refractivity contribution in [3.8, 4) is 0 Å². The number of likely N-dealkylation sites (N-methyl/N-ethyl adjacent to an activating group) is 1. The van der Waals surface area contributed by atoms with Crippen molar-refractivity contribution >= 4 is 17.7 Å². The second kappa shape index (κ2) is 11.2. The van der Waals surface area contributed by atoms with Crippen LogP contribution in [0.5, 0.6) is 0 Å². The van der Waals surface area contributed by atoms with Gasteiger partial charge in [0.1, 0.15) is 6.61 Å². The van der Waals surface area contributed by atoms with Crippen molar-refractivity contribution < 1.29 is 14.3 Å². The van der Waals surface area contributed by atoms with E-state index in [0.29, 0.717) is 25.2 Å². The van der Waals surface area contributed by atoms with Crippen molar-refractivity contribution in [3.05, 3.63) is 12.2 Å². The molecular formula is C22H41N3O3. The third-order valence-electron chi connectivity index (χ3n) is 4.99. The zero-order chi connectivity index (χ0) is 22.1. The maximum absolute atomic E-state index is 12.8. The molecule has 0 spiro atoms. The van der Waals surface area contributed by atoms with Gasteiger partial charge in [-0.05, 0) is 31.6 Å². The highest BCUT2D eigenvalue weighted by molar-refractivity contribution is 5.87. The van der Waals surface area contributed by atoms with E-state index in [9.17, 15) is 9.59 Å². The summed E-state index contributed by atoms with van der Waals surface area (Å²) in [5.41, 5.74) is 0.0744. The average Bonchev–Trinajstić information content (AvgIpc) is 2.55. The summed E-state index contributed by atoms with van der Waals surface area (Å²) in [4.78, 5) is 30.6. The molecule has 1 unspecified atom stereocenters. The standard InChI is InChI=1S/C22H41N3O3/c1-16(2)19(26)28-14-12-23-18(5)25(10)13-11-24-20(27)22(9,17(3)4)15-21(6,7)8/h17H,1,11-15H2,2-10H3,(H,24,27). The highest BCUT2D eigenvalue weighted by Gasteiger charge is 2.39. The van der Waals surface area contributed by atoms with Gasteiger partial charge in [-0.25, -0.2) is 4.79 Å². The van der Waals surface area contributed by atoms with Crippen LogP contribution in [0.1, 0.15) is 61.8 Å². The predicted molar refractivity (Wildman–Crippen MR) is 116 cm³/mol. The van der Waals surface area contributed by atoms with Crippen molar-refractivity contribution in [2.24, 2.45) is 21.7 Å². The van der Waals surface area contributed by atoms with E-state index in [-0.39, 0.29) is 23.8 Å². The van der Waals surface area contributed by atoms with Crippen molar-refractivity contribution in [2.75, 3.05) is 33.3 Å². The SMILES string of the molecule is C=C(C)C(=O)OCCN=C(C)N(C)CCNC(=O)C(C)(CC(C)(C)C)C(C)C. The number of carbonyl (C=O) groups excluding carboxylic acids is 2. The molecule has 0 heterocycles. The van der Waals surface area contributed by atoms with E-state index < -0.39 is 11.4 Å². The normalized spacial score (nSPS) is 14.4. The lowest BCUT2D eigenvalue weighted by Gasteiger charge is -2.38. The predicted octanol–water partition coefficient (Wildman–Crippen LogP) is 3.67. The van der Waals surface area contributed by atoms with E-state index in [1.807, 2.05) is 18.9 Å². The molecule has 1 atom stereocenters. The summed E-state index contributed by atoms with van der Waals surface area (Å²) >= 11 is 0. The minimum Gasteiger partial charge on any atom is -0.460 e. The number of amides is 1. The summed E-state index contributed by atoms with van der Waals surface area (Å²) in [7, 11) is 1.93. The number of carbonyl (C=O) groups is 2. The number of rotatable bonds is 10. The first-order valence-corrected chi connectivity index (χ1v) is 10.0. The van der Waals surface area contributed by atoms with Gasteiger partial charge in [-0.15, -0.1) is 0 Å². The molecule has 0 saturated heterocycles. The molecule has 0 aliphatic heterocycles. The Morgan fingerprint density at radius 1 is 1.18 bits per heavy atom. The van der Waals surface area contributed by atoms with E-state index in [1.54, 1.807) is 6.92 Å². The Kier molecular flexibility index (Phi) is 10.5. The largest absolute Gasteiger partial charge is 0.460 e. The molecule has 0 saturated carbocycles. The molecule has 0 aliphatic carbocycles. The molecule has 162 valence electrons. The third kappa shape index (κ3) is 9.38. The van der Waals surface area contributed by atoms with Crippen LogP contribution in [-0.2, 0) is 14.3 Å². The van der Waals surface area contributed by atoms with Gasteiger partial charge in [-0.2, -0.15) is 0 Å². The quantitative estimate of drug-likeness (QED) is 0.201. The maximum Gasteiger partial charge on any atom is 0.333 e. The molecule has 6 nitrogen and oxygen atoms in total. The van der Waals surface area contributed by atoms with Crippen molar-refractivity contribution in [3.63, 3.8) is 0 Å². The number of hydrogen-bond acceptors (Lipinski definition) is 4. The summed E-state index contributed by atoms with van der Waals surface area (Å²) in [6.45, 7) is 21.7. The smallest absolute Gasteiger partial charge is 0.333 e. The minimum atomic E-state index is -0.396. The Morgan fingerprint density at radius 2 is 1.75 bits per heavy atom. The molecule has 6 heteroatoms. The van der Waals surface area contributed by atoms with Gasteiger partial charge in [0, 0.05) is 31.1 Å². The molecule has 0 aromatic rings. The second-order valence-corrected chi connectivity index (χ2v) is 9.33. The Hall–Kier alpha value is -1.85. The Bertz CT molecular complexity index is 576. The van der Waals surface area contributed by atoms with Crippen LogP contribution in [0.2, 0.25) is 0 Å². The average molecular weight is 396 g/mol. The van der Waals surface area contributed by atoms with Crippen molar-refractivity contribution in [1.29, 1.82) is 0 Å². The number of ether oxygens (including phenoxy) is 1. The number of esters is 1. The molecule has 28 heavy (non-hydrogen) atoms. The van der Waals surface area contributed by atoms with E-state index in [0.717, 1.165) is 12.3 Å². The van der Waals surface area contributed by atoms with Crippen LogP contribution < -0.4 is 5.32 Å². The van der Waals surface area contributed by atoms with Crippen LogP contribution in [0.4, 0.5) is 0 Å². The fourth-order valence-corrected chi connectivity index (χ4v) is 2.94. The zero-order valence-corrected chi connectivity index (χ0v) is 19.4. The fourth-order valence-electron chi connectivity index (χ4n) is 2.94. The maximum atomic E-state index is 12.8. The molecule has 0 aliphatic rings. The fraction of sp³-hybridized carbons (Fsp3) is 0.773. The summed E-state index contributed by atoms with van der Waals surface area (Å²) in [6.07, 6.45) is 0.836. The number of nitrogens with one attached hydrogen (secondary N) is 1. The van der Waals surface area contributed by atoms with Crippen LogP contribution in [0.25, 0.3) is 0 Å². The van der Waals surface area contributed by atoms with Gasteiger partial charge >= 0.3 is 5.97 Å². The lowest BCUT2D eigenvalue weighted by Crippen LogP contribution is -2.46. The molecule has 1 N–H and O–H groups in total. The minimum absolute atomic E-state index is 0.0873. The van der Waals surface area contributed by atoms with Gasteiger partial charge in [0.15, 0.2) is 0 Å². The van der Waals surface area contributed by atoms with Gasteiger partial charge in [0.25, 0.3) is 0 Å². The molecule has 0 rings (SSSR count). The highest BCUT2D eigenvalue weighted by Crippen LogP contribution is 2.39. The van der Waals surface area contributed by atoms with Gasteiger partial charge in [0.2, 0.25) is 5.91 Å². The van der Waals surface area contributed by atoms with E-state index in [1.165, 1.54) is 0 Å². The Balaban J connectivity index is 4.52. The van der Waals surface area contributed by atoms with E-state index >= 15 is 0 Å². The second-order valence-electron chi connectivity index (χ2n) is 9.33. The summed E-state index contributed by atoms with van der Waals surface area (Å²) in [5, 5.41) is 3.09. The van der Waals surface area contributed by atoms with Gasteiger partial charge in [-0.1, -0.05) is 48.1 Å². The number of hydrogen-bond donors (Lipinski definition) is 1. The molecule has 0 bridgehead atoms. The van der Waals surface area contributed by atoms with Gasteiger partial charge in [0.05, 0.1) is 12.4 Å². The topological polar surface area (TPSA) is 71.0 Å². The van der Waals surface area contributed by atoms with E-state index in [2.05, 4.69) is 58.4 Å². The van der Waals surface area contributed by atoms with Gasteiger partial charge < -0.3 is 15.0 Å². The number of aliphatic imine (C=N–C) groups is 1. The highest BCUT2D eigenvalue weighted by atomic mass is 16.5. The molecule has 0 aromatic carbocycles. The summed E-state index contributed by atoms with van der Waals surface area (Å²) in [6, 6.07) is 0. The lowest BCUT2D eigenvalue weighted by molar-refractivity contribution is -0.138. The van der Waals surface area contributed by atoms with Crippen LogP contribution in [-0.4, -0.2) is 55.9 Å². The Morgan fingerprint density at radius 3 is 2.21 bits per heavy atom. The Labute approximate surface area is 171 Å². The molecule has 1 amide bonds. The summed E-state index contributed by atoms with van der Waals surface area (Å²) in [5.74, 6) is 0.802. The zero-order valence-electron chi connectivity index (χ0n) is 19.4. The monoisotopic (exact) mass is 395 g/mol. The number of nitrogens with zero attached hydrogens (tertiary/aromatic N) is 2. The van der Waals surface area contributed by atoms with Gasteiger partial charge in [-0.3, -0.25) is 9.79 Å². The molecular weight excluding hydrogens is 354 g/mol.